The van der Waals surface area contributed by atoms with Gasteiger partial charge in [-0.2, -0.15) is 0 Å². The minimum absolute atomic E-state index is 1.23. The van der Waals surface area contributed by atoms with Crippen LogP contribution in [0.15, 0.2) is 109 Å². The smallest absolute Gasteiger partial charge is 0.0736 e. The summed E-state index contributed by atoms with van der Waals surface area (Å²) in [6.07, 6.45) is 4.38. The lowest BCUT2D eigenvalue weighted by Gasteiger charge is -2.08. The third-order valence-corrected chi connectivity index (χ3v) is 6.52. The summed E-state index contributed by atoms with van der Waals surface area (Å²) in [6, 6.07) is 34.4. The molecule has 0 aliphatic carbocycles. The lowest BCUT2D eigenvalue weighted by Crippen LogP contribution is -1.94. The number of benzene rings is 2. The first-order valence-electron chi connectivity index (χ1n) is 11.1. The Morgan fingerprint density at radius 1 is 0.438 bits per heavy atom. The van der Waals surface area contributed by atoms with Gasteiger partial charge in [-0.05, 0) is 60.4 Å². The highest BCUT2D eigenvalue weighted by Gasteiger charge is 2.24. The van der Waals surface area contributed by atoms with Crippen molar-refractivity contribution in [1.82, 2.24) is 8.80 Å². The van der Waals surface area contributed by atoms with Crippen molar-refractivity contribution in [2.75, 3.05) is 0 Å². The summed E-state index contributed by atoms with van der Waals surface area (Å²) in [5, 5.41) is 0. The number of pyridine rings is 2. The zero-order valence-corrected chi connectivity index (χ0v) is 18.3. The van der Waals surface area contributed by atoms with Gasteiger partial charge in [-0.3, -0.25) is 0 Å². The molecule has 2 aromatic carbocycles. The van der Waals surface area contributed by atoms with Gasteiger partial charge < -0.3 is 8.80 Å². The van der Waals surface area contributed by atoms with E-state index in [2.05, 4.69) is 132 Å². The van der Waals surface area contributed by atoms with E-state index in [1.807, 2.05) is 0 Å². The van der Waals surface area contributed by atoms with E-state index in [1.165, 1.54) is 55.8 Å². The fourth-order valence-corrected chi connectivity index (χ4v) is 5.19. The summed E-state index contributed by atoms with van der Waals surface area (Å²) in [5.41, 5.74) is 12.7. The van der Waals surface area contributed by atoms with Gasteiger partial charge in [-0.1, -0.05) is 72.8 Å². The molecule has 0 saturated carbocycles. The molecule has 2 nitrogen and oxygen atoms in total. The van der Waals surface area contributed by atoms with Gasteiger partial charge in [0.25, 0.3) is 0 Å². The second kappa shape index (κ2) is 7.28. The monoisotopic (exact) mass is 412 g/mol. The molecule has 0 aliphatic rings. The topological polar surface area (TPSA) is 8.82 Å². The molecule has 0 unspecified atom stereocenters. The van der Waals surface area contributed by atoms with E-state index in [-0.39, 0.29) is 0 Å². The fraction of sp³-hybridized carbons (Fsp3) is 0.0667. The molecule has 4 aromatic heterocycles. The summed E-state index contributed by atoms with van der Waals surface area (Å²) in [6.45, 7) is 4.52. The molecule has 6 aromatic rings. The minimum atomic E-state index is 1.23. The van der Waals surface area contributed by atoms with Gasteiger partial charge in [0.1, 0.15) is 0 Å². The molecule has 0 N–H and O–H groups in total. The normalized spacial score (nSPS) is 11.4. The van der Waals surface area contributed by atoms with E-state index < -0.39 is 0 Å². The first-order chi connectivity index (χ1) is 15.8. The van der Waals surface area contributed by atoms with Crippen molar-refractivity contribution in [3.63, 3.8) is 0 Å². The van der Waals surface area contributed by atoms with Crippen LogP contribution >= 0.6 is 0 Å². The maximum Gasteiger partial charge on any atom is 0.0736 e. The predicted octanol–water partition coefficient (Wildman–Crippen LogP) is 7.81. The van der Waals surface area contributed by atoms with Gasteiger partial charge in [0.2, 0.25) is 0 Å². The van der Waals surface area contributed by atoms with Crippen molar-refractivity contribution in [3.05, 3.63) is 121 Å². The largest absolute Gasteiger partial charge is 0.314 e. The Labute approximate surface area is 188 Å². The molecule has 0 spiro atoms. The molecule has 154 valence electrons. The standard InChI is InChI=1S/C30H24N2/c1-21-27(23-13-5-3-6-14-23)25-17-9-11-19-31(25)29(21)30-22(2)28(24-15-7-4-8-16-24)26-18-10-12-20-32(26)30/h3-20H,1-2H3. The van der Waals surface area contributed by atoms with Gasteiger partial charge in [-0.15, -0.1) is 0 Å². The average molecular weight is 413 g/mol. The molecular formula is C30H24N2. The van der Waals surface area contributed by atoms with Crippen LogP contribution in [-0.4, -0.2) is 8.80 Å². The minimum Gasteiger partial charge on any atom is -0.314 e. The predicted molar refractivity (Wildman–Crippen MR) is 134 cm³/mol. The summed E-state index contributed by atoms with van der Waals surface area (Å²) in [5.74, 6) is 0. The highest BCUT2D eigenvalue weighted by molar-refractivity contribution is 5.95. The van der Waals surface area contributed by atoms with E-state index >= 15 is 0 Å². The first-order valence-corrected chi connectivity index (χ1v) is 11.1. The SMILES string of the molecule is Cc1c(-c2ccccc2)c2ccccn2c1-c1c(C)c(-c2ccccc2)c2ccccn12. The van der Waals surface area contributed by atoms with Crippen molar-refractivity contribution >= 4 is 11.0 Å². The van der Waals surface area contributed by atoms with Crippen LogP contribution in [0.2, 0.25) is 0 Å². The van der Waals surface area contributed by atoms with Crippen LogP contribution in [0.5, 0.6) is 0 Å². The third kappa shape index (κ3) is 2.66. The Morgan fingerprint density at radius 3 is 1.22 bits per heavy atom. The van der Waals surface area contributed by atoms with Gasteiger partial charge in [0.15, 0.2) is 0 Å². The number of hydrogen-bond donors (Lipinski definition) is 0. The van der Waals surface area contributed by atoms with Gasteiger partial charge in [0.05, 0.1) is 22.4 Å². The van der Waals surface area contributed by atoms with Gasteiger partial charge in [-0.25, -0.2) is 0 Å². The molecule has 0 aliphatic heterocycles. The maximum atomic E-state index is 2.36. The quantitative estimate of drug-likeness (QED) is 0.280. The van der Waals surface area contributed by atoms with Gasteiger partial charge >= 0.3 is 0 Å². The number of nitrogens with zero attached hydrogens (tertiary/aromatic N) is 2. The molecule has 0 atom stereocenters. The molecular weight excluding hydrogens is 388 g/mol. The third-order valence-electron chi connectivity index (χ3n) is 6.52. The van der Waals surface area contributed by atoms with E-state index in [4.69, 9.17) is 0 Å². The number of hydrogen-bond acceptors (Lipinski definition) is 0. The molecule has 4 heterocycles. The molecule has 6 rings (SSSR count). The molecule has 32 heavy (non-hydrogen) atoms. The lowest BCUT2D eigenvalue weighted by molar-refractivity contribution is 1.12. The van der Waals surface area contributed by atoms with Crippen molar-refractivity contribution in [2.45, 2.75) is 13.8 Å². The number of rotatable bonds is 3. The van der Waals surface area contributed by atoms with Crippen molar-refractivity contribution in [2.24, 2.45) is 0 Å². The Morgan fingerprint density at radius 2 is 0.812 bits per heavy atom. The Balaban J connectivity index is 1.75. The molecule has 2 heteroatoms. The average Bonchev–Trinajstić information content (AvgIpc) is 3.29. The summed E-state index contributed by atoms with van der Waals surface area (Å²) >= 11 is 0. The van der Waals surface area contributed by atoms with E-state index in [9.17, 15) is 0 Å². The van der Waals surface area contributed by atoms with E-state index in [0.717, 1.165) is 0 Å². The highest BCUT2D eigenvalue weighted by Crippen LogP contribution is 2.43. The van der Waals surface area contributed by atoms with Crippen LogP contribution in [0.3, 0.4) is 0 Å². The second-order valence-corrected chi connectivity index (χ2v) is 8.34. The summed E-state index contributed by atoms with van der Waals surface area (Å²) in [7, 11) is 0. The van der Waals surface area contributed by atoms with E-state index in [0.29, 0.717) is 0 Å². The summed E-state index contributed by atoms with van der Waals surface area (Å²) < 4.78 is 4.71. The van der Waals surface area contributed by atoms with Crippen molar-refractivity contribution < 1.29 is 0 Å². The Bertz CT molecular complexity index is 1450. The van der Waals surface area contributed by atoms with Crippen LogP contribution in [0.1, 0.15) is 11.1 Å². The molecule has 0 amide bonds. The molecule has 0 fully saturated rings. The zero-order valence-electron chi connectivity index (χ0n) is 18.3. The molecule has 0 saturated heterocycles. The number of fused-ring (bicyclic) bond motifs is 2. The zero-order chi connectivity index (χ0) is 21.7. The van der Waals surface area contributed by atoms with Crippen molar-refractivity contribution in [3.8, 4) is 33.6 Å². The van der Waals surface area contributed by atoms with Crippen LogP contribution in [-0.2, 0) is 0 Å². The second-order valence-electron chi connectivity index (χ2n) is 8.34. The van der Waals surface area contributed by atoms with E-state index in [1.54, 1.807) is 0 Å². The van der Waals surface area contributed by atoms with Crippen LogP contribution in [0, 0.1) is 13.8 Å². The fourth-order valence-electron chi connectivity index (χ4n) is 5.19. The van der Waals surface area contributed by atoms with Crippen LogP contribution in [0.4, 0.5) is 0 Å². The first kappa shape index (κ1) is 18.7. The molecule has 0 radical (unpaired) electrons. The Hall–Kier alpha value is -4.04. The van der Waals surface area contributed by atoms with Crippen molar-refractivity contribution in [1.29, 1.82) is 0 Å². The lowest BCUT2D eigenvalue weighted by atomic mass is 9.98. The highest BCUT2D eigenvalue weighted by atomic mass is 15.0. The van der Waals surface area contributed by atoms with Crippen LogP contribution in [0.25, 0.3) is 44.7 Å². The maximum absolute atomic E-state index is 2.36. The van der Waals surface area contributed by atoms with Gasteiger partial charge in [0, 0.05) is 23.5 Å². The summed E-state index contributed by atoms with van der Waals surface area (Å²) in [4.78, 5) is 0. The Kier molecular flexibility index (Phi) is 4.26. The van der Waals surface area contributed by atoms with Crippen LogP contribution < -0.4 is 0 Å². The molecule has 0 bridgehead atoms. The number of aromatic nitrogens is 2.